The lowest BCUT2D eigenvalue weighted by atomic mass is 9.46. The molecule has 4 fully saturated rings. The van der Waals surface area contributed by atoms with Crippen LogP contribution in [0.2, 0.25) is 0 Å². The minimum Gasteiger partial charge on any atom is -0.394 e. The fourth-order valence-corrected chi connectivity index (χ4v) is 10.5. The summed E-state index contributed by atoms with van der Waals surface area (Å²) in [7, 11) is 0. The lowest BCUT2D eigenvalue weighted by molar-refractivity contribution is -0.313. The number of fused-ring (bicyclic) bond motifs is 5. The zero-order chi connectivity index (χ0) is 30.6. The molecule has 0 aromatic carbocycles. The van der Waals surface area contributed by atoms with Crippen LogP contribution in [-0.4, -0.2) is 69.6 Å². The van der Waals surface area contributed by atoms with Crippen molar-refractivity contribution in [2.24, 2.45) is 52.3 Å². The average molecular weight is 591 g/mol. The first-order chi connectivity index (χ1) is 19.8. The Morgan fingerprint density at radius 2 is 1.71 bits per heavy atom. The number of carbonyl (C=O) groups is 1. The van der Waals surface area contributed by atoms with Gasteiger partial charge in [0.05, 0.1) is 12.7 Å². The highest BCUT2D eigenvalue weighted by atomic mass is 16.7. The summed E-state index contributed by atoms with van der Waals surface area (Å²) in [5.41, 5.74) is 1.35. The van der Waals surface area contributed by atoms with Gasteiger partial charge < -0.3 is 29.9 Å². The Labute approximate surface area is 253 Å². The molecular formula is C35H58O7. The summed E-state index contributed by atoms with van der Waals surface area (Å²) >= 11 is 0. The van der Waals surface area contributed by atoms with Crippen LogP contribution < -0.4 is 0 Å². The standard InChI is InChI=1S/C35H58O7/c1-7-21(19(2)3)9-8-20(4)24-10-11-25-29-26(13-15-35(24,25)6)34(5)14-12-23(16-22(34)17-27(29)37)41-33-32(40)31(39)30(38)28(18-36)42-33/h17,19-21,23-26,28-33,36,38-40H,7-16,18H2,1-6H3. The number of carbonyl (C=O) groups excluding carboxylic acids is 1. The second kappa shape index (κ2) is 12.5. The van der Waals surface area contributed by atoms with Crippen molar-refractivity contribution >= 4 is 5.78 Å². The summed E-state index contributed by atoms with van der Waals surface area (Å²) in [6, 6.07) is 0. The van der Waals surface area contributed by atoms with Crippen LogP contribution in [-0.2, 0) is 14.3 Å². The first-order valence-electron chi connectivity index (χ1n) is 17.1. The third kappa shape index (κ3) is 5.58. The van der Waals surface area contributed by atoms with Crippen molar-refractivity contribution in [1.29, 1.82) is 0 Å². The number of rotatable bonds is 9. The van der Waals surface area contributed by atoms with Crippen LogP contribution in [0.5, 0.6) is 0 Å². The second-order valence-electron chi connectivity index (χ2n) is 15.6. The maximum absolute atomic E-state index is 14.0. The zero-order valence-electron chi connectivity index (χ0n) is 26.9. The van der Waals surface area contributed by atoms with Gasteiger partial charge in [-0.3, -0.25) is 4.79 Å². The monoisotopic (exact) mass is 590 g/mol. The number of allylic oxidation sites excluding steroid dienone is 1. The molecule has 1 saturated heterocycles. The first-order valence-corrected chi connectivity index (χ1v) is 17.1. The Morgan fingerprint density at radius 3 is 2.38 bits per heavy atom. The Kier molecular flexibility index (Phi) is 9.70. The molecular weight excluding hydrogens is 532 g/mol. The smallest absolute Gasteiger partial charge is 0.186 e. The molecule has 1 heterocycles. The maximum atomic E-state index is 14.0. The minimum atomic E-state index is -1.45. The molecule has 4 aliphatic carbocycles. The summed E-state index contributed by atoms with van der Waals surface area (Å²) in [5.74, 6) is 4.16. The van der Waals surface area contributed by atoms with E-state index < -0.39 is 37.3 Å². The number of ether oxygens (including phenoxy) is 2. The predicted octanol–water partition coefficient (Wildman–Crippen LogP) is 5.03. The van der Waals surface area contributed by atoms with E-state index in [1.165, 1.54) is 38.5 Å². The number of aliphatic hydroxyl groups excluding tert-OH is 4. The molecule has 3 saturated carbocycles. The van der Waals surface area contributed by atoms with Crippen LogP contribution in [0.25, 0.3) is 0 Å². The zero-order valence-corrected chi connectivity index (χ0v) is 26.9. The van der Waals surface area contributed by atoms with Crippen molar-refractivity contribution in [2.75, 3.05) is 6.61 Å². The Morgan fingerprint density at radius 1 is 0.976 bits per heavy atom. The van der Waals surface area contributed by atoms with E-state index in [1.54, 1.807) is 0 Å². The van der Waals surface area contributed by atoms with Crippen molar-refractivity contribution in [1.82, 2.24) is 0 Å². The molecule has 7 nitrogen and oxygen atoms in total. The summed E-state index contributed by atoms with van der Waals surface area (Å²) in [6.45, 7) is 13.9. The van der Waals surface area contributed by atoms with Crippen LogP contribution in [0.15, 0.2) is 11.6 Å². The molecule has 42 heavy (non-hydrogen) atoms. The third-order valence-electron chi connectivity index (χ3n) is 13.3. The predicted molar refractivity (Wildman–Crippen MR) is 161 cm³/mol. The van der Waals surface area contributed by atoms with E-state index in [0.717, 1.165) is 36.7 Å². The minimum absolute atomic E-state index is 0.0372. The lowest BCUT2D eigenvalue weighted by Gasteiger charge is -2.58. The molecule has 1 aliphatic heterocycles. The average Bonchev–Trinajstić information content (AvgIpc) is 3.31. The quantitative estimate of drug-likeness (QED) is 0.298. The van der Waals surface area contributed by atoms with Crippen molar-refractivity contribution in [3.05, 3.63) is 11.6 Å². The third-order valence-corrected chi connectivity index (χ3v) is 13.3. The van der Waals surface area contributed by atoms with E-state index in [1.807, 2.05) is 6.08 Å². The number of aliphatic hydroxyl groups is 4. The van der Waals surface area contributed by atoms with Gasteiger partial charge in [-0.05, 0) is 104 Å². The fraction of sp³-hybridized carbons (Fsp3) is 0.914. The molecule has 7 heteroatoms. The van der Waals surface area contributed by atoms with Crippen LogP contribution in [0.1, 0.15) is 106 Å². The molecule has 5 rings (SSSR count). The van der Waals surface area contributed by atoms with E-state index in [4.69, 9.17) is 9.47 Å². The van der Waals surface area contributed by atoms with Gasteiger partial charge in [0.15, 0.2) is 12.1 Å². The summed E-state index contributed by atoms with van der Waals surface area (Å²) in [5, 5.41) is 40.4. The van der Waals surface area contributed by atoms with Gasteiger partial charge in [0.1, 0.15) is 24.4 Å². The van der Waals surface area contributed by atoms with Crippen molar-refractivity contribution in [3.8, 4) is 0 Å². The Balaban J connectivity index is 1.27. The summed E-state index contributed by atoms with van der Waals surface area (Å²) in [4.78, 5) is 14.0. The van der Waals surface area contributed by atoms with Crippen molar-refractivity contribution in [2.45, 2.75) is 143 Å². The Hall–Kier alpha value is -0.830. The molecule has 0 radical (unpaired) electrons. The van der Waals surface area contributed by atoms with E-state index >= 15 is 0 Å². The van der Waals surface area contributed by atoms with Crippen LogP contribution in [0, 0.1) is 52.3 Å². The summed E-state index contributed by atoms with van der Waals surface area (Å²) < 4.78 is 11.8. The SMILES string of the molecule is CCC(CCC(C)C1CCC2C3C(=O)C=C4CC(OC5OC(CO)C(O)C(O)C5O)CCC4(C)C3CCC12C)C(C)C. The lowest BCUT2D eigenvalue weighted by Crippen LogP contribution is -2.60. The topological polar surface area (TPSA) is 116 Å². The van der Waals surface area contributed by atoms with Crippen LogP contribution >= 0.6 is 0 Å². The van der Waals surface area contributed by atoms with Gasteiger partial charge >= 0.3 is 0 Å². The van der Waals surface area contributed by atoms with Gasteiger partial charge in [0.25, 0.3) is 0 Å². The maximum Gasteiger partial charge on any atom is 0.186 e. The summed E-state index contributed by atoms with van der Waals surface area (Å²) in [6.07, 6.45) is 6.15. The van der Waals surface area contributed by atoms with E-state index in [0.29, 0.717) is 35.9 Å². The van der Waals surface area contributed by atoms with E-state index in [9.17, 15) is 25.2 Å². The van der Waals surface area contributed by atoms with Gasteiger partial charge in [-0.25, -0.2) is 0 Å². The van der Waals surface area contributed by atoms with Gasteiger partial charge in [0.2, 0.25) is 0 Å². The van der Waals surface area contributed by atoms with Gasteiger partial charge in [0, 0.05) is 5.92 Å². The molecule has 14 atom stereocenters. The number of ketones is 1. The normalized spacial score (nSPS) is 46.9. The molecule has 0 spiro atoms. The number of hydrogen-bond acceptors (Lipinski definition) is 7. The molecule has 0 amide bonds. The highest BCUT2D eigenvalue weighted by Crippen LogP contribution is 2.67. The van der Waals surface area contributed by atoms with E-state index in [-0.39, 0.29) is 22.9 Å². The Bertz CT molecular complexity index is 994. The molecule has 0 aromatic rings. The molecule has 4 N–H and O–H groups in total. The van der Waals surface area contributed by atoms with E-state index in [2.05, 4.69) is 41.5 Å². The molecule has 14 unspecified atom stereocenters. The van der Waals surface area contributed by atoms with Crippen LogP contribution in [0.3, 0.4) is 0 Å². The highest BCUT2D eigenvalue weighted by molar-refractivity contribution is 5.94. The van der Waals surface area contributed by atoms with Crippen LogP contribution in [0.4, 0.5) is 0 Å². The van der Waals surface area contributed by atoms with Crippen molar-refractivity contribution < 1.29 is 34.7 Å². The molecule has 240 valence electrons. The largest absolute Gasteiger partial charge is 0.394 e. The number of hydrogen-bond donors (Lipinski definition) is 4. The van der Waals surface area contributed by atoms with Gasteiger partial charge in [-0.1, -0.05) is 60.0 Å². The first kappa shape index (κ1) is 32.6. The van der Waals surface area contributed by atoms with Gasteiger partial charge in [-0.15, -0.1) is 0 Å². The molecule has 5 aliphatic rings. The second-order valence-corrected chi connectivity index (χ2v) is 15.6. The van der Waals surface area contributed by atoms with Crippen molar-refractivity contribution in [3.63, 3.8) is 0 Å². The molecule has 0 bridgehead atoms. The fourth-order valence-electron chi connectivity index (χ4n) is 10.5. The highest BCUT2D eigenvalue weighted by Gasteiger charge is 2.61. The van der Waals surface area contributed by atoms with Gasteiger partial charge in [-0.2, -0.15) is 0 Å². The molecule has 0 aromatic heterocycles.